The maximum absolute atomic E-state index is 13.5. The third-order valence-corrected chi connectivity index (χ3v) is 7.12. The van der Waals surface area contributed by atoms with Crippen molar-refractivity contribution in [2.24, 2.45) is 0 Å². The van der Waals surface area contributed by atoms with Gasteiger partial charge in [-0.25, -0.2) is 0 Å². The number of hydrogen-bond donors (Lipinski definition) is 1. The standard InChI is InChI=1S/C24H17BrClN3O3S/c25-16-7-9-17(10-8-16)29-23(31)21(12-15-4-1-2-6-20(15)26)33-24(29)19(13-27)22(30)28-14-18-5-3-11-32-18/h1-11,21H,12,14H2,(H,28,30)/b24-19-/t21-/m1/s1. The Hall–Kier alpha value is -2.99. The van der Waals surface area contributed by atoms with Gasteiger partial charge in [0.2, 0.25) is 5.91 Å². The summed E-state index contributed by atoms with van der Waals surface area (Å²) in [4.78, 5) is 27.8. The maximum atomic E-state index is 13.5. The quantitative estimate of drug-likeness (QED) is 0.331. The Bertz CT molecular complexity index is 1250. The Morgan fingerprint density at radius 2 is 1.94 bits per heavy atom. The zero-order valence-electron chi connectivity index (χ0n) is 17.1. The van der Waals surface area contributed by atoms with E-state index in [4.69, 9.17) is 16.0 Å². The molecule has 2 amide bonds. The van der Waals surface area contributed by atoms with Crippen molar-refractivity contribution in [2.45, 2.75) is 18.2 Å². The molecule has 1 aliphatic rings. The molecular weight excluding hydrogens is 526 g/mol. The highest BCUT2D eigenvalue weighted by Gasteiger charge is 2.41. The van der Waals surface area contributed by atoms with E-state index >= 15 is 0 Å². The van der Waals surface area contributed by atoms with Crippen LogP contribution in [0.25, 0.3) is 0 Å². The largest absolute Gasteiger partial charge is 0.467 e. The van der Waals surface area contributed by atoms with Crippen LogP contribution in [0, 0.1) is 11.3 Å². The number of nitriles is 1. The summed E-state index contributed by atoms with van der Waals surface area (Å²) in [7, 11) is 0. The van der Waals surface area contributed by atoms with Crippen LogP contribution in [-0.2, 0) is 22.6 Å². The van der Waals surface area contributed by atoms with E-state index in [1.807, 2.05) is 24.3 Å². The Morgan fingerprint density at radius 1 is 1.18 bits per heavy atom. The first kappa shape index (κ1) is 23.2. The number of nitrogens with zero attached hydrogens (tertiary/aromatic N) is 2. The molecule has 33 heavy (non-hydrogen) atoms. The summed E-state index contributed by atoms with van der Waals surface area (Å²) in [6.07, 6.45) is 1.87. The third kappa shape index (κ3) is 5.17. The van der Waals surface area contributed by atoms with Gasteiger partial charge in [0.05, 0.1) is 18.1 Å². The summed E-state index contributed by atoms with van der Waals surface area (Å²) in [6.45, 7) is 0.129. The van der Waals surface area contributed by atoms with Crippen LogP contribution in [0.1, 0.15) is 11.3 Å². The summed E-state index contributed by atoms with van der Waals surface area (Å²) < 4.78 is 6.08. The molecule has 0 spiro atoms. The maximum Gasteiger partial charge on any atom is 0.265 e. The van der Waals surface area contributed by atoms with Gasteiger partial charge < -0.3 is 9.73 Å². The van der Waals surface area contributed by atoms with E-state index in [0.717, 1.165) is 10.0 Å². The lowest BCUT2D eigenvalue weighted by Gasteiger charge is -2.18. The van der Waals surface area contributed by atoms with Gasteiger partial charge in [-0.2, -0.15) is 5.26 Å². The zero-order valence-corrected chi connectivity index (χ0v) is 20.3. The highest BCUT2D eigenvalue weighted by atomic mass is 79.9. The average molecular weight is 543 g/mol. The van der Waals surface area contributed by atoms with Gasteiger partial charge in [0.15, 0.2) is 0 Å². The fourth-order valence-corrected chi connectivity index (χ4v) is 5.12. The number of nitrogens with one attached hydrogen (secondary N) is 1. The Balaban J connectivity index is 1.69. The van der Waals surface area contributed by atoms with Gasteiger partial charge in [0, 0.05) is 15.2 Å². The van der Waals surface area contributed by atoms with Crippen molar-refractivity contribution in [1.82, 2.24) is 5.32 Å². The summed E-state index contributed by atoms with van der Waals surface area (Å²) >= 11 is 10.9. The van der Waals surface area contributed by atoms with E-state index in [9.17, 15) is 14.9 Å². The van der Waals surface area contributed by atoms with Crippen LogP contribution in [0.15, 0.2) is 86.4 Å². The number of benzene rings is 2. The number of halogens is 2. The van der Waals surface area contributed by atoms with Crippen LogP contribution in [0.2, 0.25) is 5.02 Å². The van der Waals surface area contributed by atoms with Crippen molar-refractivity contribution in [3.8, 4) is 6.07 Å². The molecule has 0 aliphatic carbocycles. The minimum atomic E-state index is -0.579. The number of carbonyl (C=O) groups excluding carboxylic acids is 2. The van der Waals surface area contributed by atoms with Crippen molar-refractivity contribution in [3.63, 3.8) is 0 Å². The fraction of sp³-hybridized carbons (Fsp3) is 0.125. The predicted molar refractivity (Wildman–Crippen MR) is 131 cm³/mol. The molecule has 0 radical (unpaired) electrons. The molecule has 1 N–H and O–H groups in total. The van der Waals surface area contributed by atoms with E-state index in [2.05, 4.69) is 21.2 Å². The van der Waals surface area contributed by atoms with Crippen LogP contribution < -0.4 is 10.2 Å². The Morgan fingerprint density at radius 3 is 2.61 bits per heavy atom. The summed E-state index contributed by atoms with van der Waals surface area (Å²) in [5.74, 6) is -0.240. The van der Waals surface area contributed by atoms with Crippen molar-refractivity contribution in [1.29, 1.82) is 5.26 Å². The van der Waals surface area contributed by atoms with E-state index in [1.54, 1.807) is 42.5 Å². The number of carbonyl (C=O) groups is 2. The highest BCUT2D eigenvalue weighted by Crippen LogP contribution is 2.42. The second-order valence-corrected chi connectivity index (χ2v) is 9.62. The fourth-order valence-electron chi connectivity index (χ4n) is 3.34. The molecule has 6 nitrogen and oxygen atoms in total. The van der Waals surface area contributed by atoms with Gasteiger partial charge in [0.25, 0.3) is 5.91 Å². The number of thioether (sulfide) groups is 1. The van der Waals surface area contributed by atoms with E-state index in [-0.39, 0.29) is 18.0 Å². The lowest BCUT2D eigenvalue weighted by molar-refractivity contribution is -0.117. The molecule has 4 rings (SSSR count). The highest BCUT2D eigenvalue weighted by molar-refractivity contribution is 9.10. The molecular formula is C24H17BrClN3O3S. The molecule has 166 valence electrons. The van der Waals surface area contributed by atoms with Crippen LogP contribution in [0.5, 0.6) is 0 Å². The summed E-state index contributed by atoms with van der Waals surface area (Å²) in [6, 6.07) is 19.9. The van der Waals surface area contributed by atoms with Crippen LogP contribution in [-0.4, -0.2) is 17.1 Å². The molecule has 9 heteroatoms. The Kier molecular flexibility index (Phi) is 7.23. The van der Waals surface area contributed by atoms with Crippen LogP contribution in [0.4, 0.5) is 5.69 Å². The molecule has 1 aromatic heterocycles. The number of amides is 2. The lowest BCUT2D eigenvalue weighted by Crippen LogP contribution is -2.32. The van der Waals surface area contributed by atoms with Gasteiger partial charge in [-0.15, -0.1) is 0 Å². The van der Waals surface area contributed by atoms with E-state index in [0.29, 0.717) is 27.9 Å². The van der Waals surface area contributed by atoms with Crippen molar-refractivity contribution < 1.29 is 14.0 Å². The number of furan rings is 1. The molecule has 0 saturated carbocycles. The number of rotatable bonds is 6. The van der Waals surface area contributed by atoms with Gasteiger partial charge in [0.1, 0.15) is 22.4 Å². The lowest BCUT2D eigenvalue weighted by atomic mass is 10.1. The third-order valence-electron chi connectivity index (χ3n) is 4.96. The topological polar surface area (TPSA) is 86.3 Å². The molecule has 1 aliphatic heterocycles. The molecule has 2 heterocycles. The average Bonchev–Trinajstić information content (AvgIpc) is 3.44. The van der Waals surface area contributed by atoms with Gasteiger partial charge in [-0.05, 0) is 54.4 Å². The van der Waals surface area contributed by atoms with E-state index in [1.165, 1.54) is 22.9 Å². The van der Waals surface area contributed by atoms with Crippen molar-refractivity contribution in [3.05, 3.63) is 98.3 Å². The second kappa shape index (κ2) is 10.3. The molecule has 2 aromatic carbocycles. The van der Waals surface area contributed by atoms with Crippen LogP contribution in [0.3, 0.4) is 0 Å². The number of anilines is 1. The van der Waals surface area contributed by atoms with Gasteiger partial charge >= 0.3 is 0 Å². The first-order valence-electron chi connectivity index (χ1n) is 9.92. The molecule has 1 atom stereocenters. The minimum absolute atomic E-state index is 0.129. The van der Waals surface area contributed by atoms with Gasteiger partial charge in [-0.1, -0.05) is 57.5 Å². The minimum Gasteiger partial charge on any atom is -0.467 e. The Labute approximate surface area is 208 Å². The van der Waals surface area contributed by atoms with Crippen molar-refractivity contribution >= 4 is 56.8 Å². The summed E-state index contributed by atoms with van der Waals surface area (Å²) in [5, 5.41) is 12.9. The monoisotopic (exact) mass is 541 g/mol. The predicted octanol–water partition coefficient (Wildman–Crippen LogP) is 5.44. The summed E-state index contributed by atoms with van der Waals surface area (Å²) in [5.41, 5.74) is 1.26. The number of hydrogen-bond acceptors (Lipinski definition) is 5. The molecule has 0 unspecified atom stereocenters. The smallest absolute Gasteiger partial charge is 0.265 e. The zero-order chi connectivity index (χ0) is 23.4. The molecule has 0 bridgehead atoms. The molecule has 3 aromatic rings. The van der Waals surface area contributed by atoms with E-state index < -0.39 is 11.2 Å². The van der Waals surface area contributed by atoms with Crippen LogP contribution >= 0.6 is 39.3 Å². The first-order valence-corrected chi connectivity index (χ1v) is 12.0. The van der Waals surface area contributed by atoms with Gasteiger partial charge in [-0.3, -0.25) is 14.5 Å². The molecule has 1 fully saturated rings. The first-order chi connectivity index (χ1) is 16.0. The molecule has 1 saturated heterocycles. The SMILES string of the molecule is N#C/C(C(=O)NCc1ccco1)=C1/S[C@H](Cc2ccccc2Cl)C(=O)N1c1ccc(Br)cc1. The second-order valence-electron chi connectivity index (χ2n) is 7.11. The van der Waals surface area contributed by atoms with Crippen molar-refractivity contribution in [2.75, 3.05) is 4.90 Å². The normalized spacial score (nSPS) is 17.1.